The Morgan fingerprint density at radius 3 is 2.68 bits per heavy atom. The van der Waals surface area contributed by atoms with Crippen LogP contribution in [0.2, 0.25) is 0 Å². The molecule has 2 N–H and O–H groups in total. The molecule has 2 rings (SSSR count). The highest BCUT2D eigenvalue weighted by Gasteiger charge is 2.30. The lowest BCUT2D eigenvalue weighted by molar-refractivity contribution is -0.133. The van der Waals surface area contributed by atoms with Gasteiger partial charge in [0.05, 0.1) is 12.1 Å². The van der Waals surface area contributed by atoms with Gasteiger partial charge in [-0.3, -0.25) is 4.79 Å². The molecule has 22 heavy (non-hydrogen) atoms. The summed E-state index contributed by atoms with van der Waals surface area (Å²) in [5.41, 5.74) is 1.10. The highest BCUT2D eigenvalue weighted by atomic mass is 35.5. The van der Waals surface area contributed by atoms with Gasteiger partial charge in [0.25, 0.3) is 0 Å². The van der Waals surface area contributed by atoms with E-state index in [1.807, 2.05) is 18.4 Å². The number of halogens is 1. The molecule has 0 radical (unpaired) electrons. The molecule has 1 aliphatic heterocycles. The molecule has 4 nitrogen and oxygen atoms in total. The molecule has 1 saturated heterocycles. The zero-order valence-corrected chi connectivity index (χ0v) is 14.3. The van der Waals surface area contributed by atoms with Gasteiger partial charge in [0.2, 0.25) is 5.91 Å². The Bertz CT molecular complexity index is 495. The van der Waals surface area contributed by atoms with Gasteiger partial charge < -0.3 is 15.3 Å². The van der Waals surface area contributed by atoms with Crippen molar-refractivity contribution in [3.8, 4) is 0 Å². The number of hydrogen-bond acceptors (Lipinski definition) is 4. The fourth-order valence-corrected chi connectivity index (χ4v) is 2.87. The first-order chi connectivity index (χ1) is 10.1. The summed E-state index contributed by atoms with van der Waals surface area (Å²) in [6.45, 7) is 5.29. The van der Waals surface area contributed by atoms with Crippen LogP contribution in [0, 0.1) is 0 Å². The van der Waals surface area contributed by atoms with Crippen molar-refractivity contribution >= 4 is 30.1 Å². The average molecular weight is 343 g/mol. The van der Waals surface area contributed by atoms with Crippen molar-refractivity contribution in [2.75, 3.05) is 19.3 Å². The number of aliphatic hydroxyl groups is 1. The van der Waals surface area contributed by atoms with Crippen LogP contribution >= 0.6 is 24.2 Å². The number of aliphatic hydroxyl groups excluding tert-OH is 1. The van der Waals surface area contributed by atoms with E-state index >= 15 is 0 Å². The van der Waals surface area contributed by atoms with Gasteiger partial charge in [0.1, 0.15) is 0 Å². The number of carbonyl (C=O) groups is 1. The largest absolute Gasteiger partial charge is 0.392 e. The summed E-state index contributed by atoms with van der Waals surface area (Å²) in [4.78, 5) is 15.5. The Morgan fingerprint density at radius 1 is 1.50 bits per heavy atom. The Balaban J connectivity index is 0.00000242. The molecule has 1 amide bonds. The number of thioether (sulfide) groups is 1. The SMILES string of the molecule is C=CCN(Cc1ccc(SC)cc1)C(=O)[C@@H]1C[C@@H](O)CN1.Cl. The molecule has 6 heteroatoms. The predicted molar refractivity (Wildman–Crippen MR) is 93.5 cm³/mol. The van der Waals surface area contributed by atoms with Crippen LogP contribution in [0.5, 0.6) is 0 Å². The molecule has 122 valence electrons. The van der Waals surface area contributed by atoms with Crippen LogP contribution in [0.3, 0.4) is 0 Å². The van der Waals surface area contributed by atoms with E-state index in [1.54, 1.807) is 22.7 Å². The Kier molecular flexibility index (Phi) is 7.96. The molecule has 1 aromatic rings. The van der Waals surface area contributed by atoms with Crippen molar-refractivity contribution in [2.24, 2.45) is 0 Å². The van der Waals surface area contributed by atoms with Crippen molar-refractivity contribution in [1.29, 1.82) is 0 Å². The van der Waals surface area contributed by atoms with E-state index < -0.39 is 6.10 Å². The van der Waals surface area contributed by atoms with E-state index in [4.69, 9.17) is 0 Å². The van der Waals surface area contributed by atoms with Gasteiger partial charge in [-0.25, -0.2) is 0 Å². The van der Waals surface area contributed by atoms with E-state index in [1.165, 1.54) is 4.90 Å². The lowest BCUT2D eigenvalue weighted by Gasteiger charge is -2.24. The van der Waals surface area contributed by atoms with E-state index in [-0.39, 0.29) is 24.4 Å². The summed E-state index contributed by atoms with van der Waals surface area (Å²) in [6, 6.07) is 7.94. The maximum absolute atomic E-state index is 12.5. The minimum Gasteiger partial charge on any atom is -0.392 e. The molecule has 1 aromatic carbocycles. The maximum atomic E-state index is 12.5. The van der Waals surface area contributed by atoms with Crippen molar-refractivity contribution in [1.82, 2.24) is 10.2 Å². The third kappa shape index (κ3) is 5.02. The van der Waals surface area contributed by atoms with Gasteiger partial charge in [0.15, 0.2) is 0 Å². The fourth-order valence-electron chi connectivity index (χ4n) is 2.47. The van der Waals surface area contributed by atoms with Crippen molar-refractivity contribution in [3.05, 3.63) is 42.5 Å². The summed E-state index contributed by atoms with van der Waals surface area (Å²) < 4.78 is 0. The van der Waals surface area contributed by atoms with Crippen LogP contribution in [0.25, 0.3) is 0 Å². The molecular weight excluding hydrogens is 320 g/mol. The van der Waals surface area contributed by atoms with Gasteiger partial charge in [-0.1, -0.05) is 18.2 Å². The normalized spacial score (nSPS) is 20.3. The van der Waals surface area contributed by atoms with Crippen LogP contribution in [0.15, 0.2) is 41.8 Å². The number of nitrogens with zero attached hydrogens (tertiary/aromatic N) is 1. The zero-order chi connectivity index (χ0) is 15.2. The third-order valence-corrected chi connectivity index (χ3v) is 4.34. The highest BCUT2D eigenvalue weighted by Crippen LogP contribution is 2.17. The smallest absolute Gasteiger partial charge is 0.240 e. The minimum absolute atomic E-state index is 0. The molecule has 1 aliphatic rings. The monoisotopic (exact) mass is 342 g/mol. The predicted octanol–water partition coefficient (Wildman–Crippen LogP) is 2.07. The highest BCUT2D eigenvalue weighted by molar-refractivity contribution is 7.98. The maximum Gasteiger partial charge on any atom is 0.240 e. The van der Waals surface area contributed by atoms with Crippen LogP contribution in [-0.4, -0.2) is 47.4 Å². The molecular formula is C16H23ClN2O2S. The fraction of sp³-hybridized carbons (Fsp3) is 0.438. The second-order valence-corrected chi connectivity index (χ2v) is 6.09. The Morgan fingerprint density at radius 2 is 2.18 bits per heavy atom. The van der Waals surface area contributed by atoms with Crippen LogP contribution in [0.1, 0.15) is 12.0 Å². The molecule has 0 aromatic heterocycles. The second-order valence-electron chi connectivity index (χ2n) is 5.21. The zero-order valence-electron chi connectivity index (χ0n) is 12.7. The molecule has 0 unspecified atom stereocenters. The van der Waals surface area contributed by atoms with Crippen LogP contribution in [-0.2, 0) is 11.3 Å². The summed E-state index contributed by atoms with van der Waals surface area (Å²) in [6.07, 6.45) is 3.84. The molecule has 0 aliphatic carbocycles. The quantitative estimate of drug-likeness (QED) is 0.614. The second kappa shape index (κ2) is 9.20. The number of carbonyl (C=O) groups excluding carboxylic acids is 1. The van der Waals surface area contributed by atoms with Gasteiger partial charge in [-0.15, -0.1) is 30.7 Å². The van der Waals surface area contributed by atoms with E-state index in [0.717, 1.165) is 5.56 Å². The molecule has 1 heterocycles. The number of rotatable bonds is 6. The lowest BCUT2D eigenvalue weighted by Crippen LogP contribution is -2.43. The number of β-amino-alcohol motifs (C(OH)–C–C–N with tert-alkyl or cyclic N) is 1. The van der Waals surface area contributed by atoms with Crippen molar-refractivity contribution in [3.63, 3.8) is 0 Å². The van der Waals surface area contributed by atoms with Crippen LogP contribution in [0.4, 0.5) is 0 Å². The number of amides is 1. The Hall–Kier alpha value is -1.01. The van der Waals surface area contributed by atoms with Crippen molar-refractivity contribution < 1.29 is 9.90 Å². The summed E-state index contributed by atoms with van der Waals surface area (Å²) in [7, 11) is 0. The molecule has 0 spiro atoms. The lowest BCUT2D eigenvalue weighted by atomic mass is 10.1. The molecule has 0 saturated carbocycles. The molecule has 2 atom stereocenters. The van der Waals surface area contributed by atoms with Gasteiger partial charge >= 0.3 is 0 Å². The Labute approximate surface area is 142 Å². The third-order valence-electron chi connectivity index (χ3n) is 3.60. The van der Waals surface area contributed by atoms with E-state index in [0.29, 0.717) is 26.1 Å². The number of hydrogen-bond donors (Lipinski definition) is 2. The van der Waals surface area contributed by atoms with Gasteiger partial charge in [-0.05, 0) is 30.4 Å². The number of nitrogens with one attached hydrogen (secondary N) is 1. The topological polar surface area (TPSA) is 52.6 Å². The molecule has 1 fully saturated rings. The van der Waals surface area contributed by atoms with E-state index in [9.17, 15) is 9.90 Å². The molecule has 0 bridgehead atoms. The van der Waals surface area contributed by atoms with Crippen molar-refractivity contribution in [2.45, 2.75) is 30.0 Å². The first kappa shape index (κ1) is 19.0. The summed E-state index contributed by atoms with van der Waals surface area (Å²) in [5.74, 6) is 0.0281. The van der Waals surface area contributed by atoms with Gasteiger partial charge in [-0.2, -0.15) is 0 Å². The average Bonchev–Trinajstić information content (AvgIpc) is 2.93. The van der Waals surface area contributed by atoms with Gasteiger partial charge in [0, 0.05) is 24.5 Å². The summed E-state index contributed by atoms with van der Waals surface area (Å²) in [5, 5.41) is 12.6. The first-order valence-corrected chi connectivity index (χ1v) is 8.30. The standard InChI is InChI=1S/C16H22N2O2S.ClH/c1-3-8-18(16(20)15-9-13(19)10-17-15)11-12-4-6-14(21-2)7-5-12;/h3-7,13,15,17,19H,1,8-11H2,2H3;1H/t13-,15+;/m1./s1. The summed E-state index contributed by atoms with van der Waals surface area (Å²) >= 11 is 1.70. The minimum atomic E-state index is -0.426. The number of benzene rings is 1. The van der Waals surface area contributed by atoms with E-state index in [2.05, 4.69) is 24.0 Å². The first-order valence-electron chi connectivity index (χ1n) is 7.08. The van der Waals surface area contributed by atoms with Crippen LogP contribution < -0.4 is 5.32 Å².